The zero-order chi connectivity index (χ0) is 19.1. The van der Waals surface area contributed by atoms with Crippen LogP contribution in [0.5, 0.6) is 0 Å². The third-order valence-corrected chi connectivity index (χ3v) is 4.53. The predicted molar refractivity (Wildman–Crippen MR) is 105 cm³/mol. The first-order valence-corrected chi connectivity index (χ1v) is 8.75. The molecule has 134 valence electrons. The lowest BCUT2D eigenvalue weighted by molar-refractivity contribution is -0.122. The Hall–Kier alpha value is -2.69. The quantitative estimate of drug-likeness (QED) is 0.759. The average molecular weight is 415 g/mol. The molecule has 7 heteroatoms. The summed E-state index contributed by atoms with van der Waals surface area (Å²) >= 11 is 3.38. The second-order valence-electron chi connectivity index (χ2n) is 5.80. The minimum Gasteiger partial charge on any atom is -0.325 e. The molecule has 0 spiro atoms. The summed E-state index contributed by atoms with van der Waals surface area (Å²) in [7, 11) is 1.70. The monoisotopic (exact) mass is 414 g/mol. The smallest absolute Gasteiger partial charge is 0.241 e. The lowest BCUT2D eigenvalue weighted by Gasteiger charge is -2.23. The molecule has 0 aliphatic heterocycles. The van der Waals surface area contributed by atoms with Crippen LogP contribution >= 0.6 is 15.9 Å². The number of amides is 2. The van der Waals surface area contributed by atoms with Crippen LogP contribution in [0.3, 0.4) is 0 Å². The summed E-state index contributed by atoms with van der Waals surface area (Å²) < 4.78 is 0.791. The van der Waals surface area contributed by atoms with Crippen molar-refractivity contribution < 1.29 is 9.59 Å². The fourth-order valence-electron chi connectivity index (χ4n) is 2.23. The van der Waals surface area contributed by atoms with Crippen molar-refractivity contribution in [3.63, 3.8) is 0 Å². The van der Waals surface area contributed by atoms with Crippen LogP contribution in [0.2, 0.25) is 0 Å². The number of likely N-dealkylation sites (N-methyl/N-ethyl adjacent to an activating group) is 1. The summed E-state index contributed by atoms with van der Waals surface area (Å²) in [6.45, 7) is 1.78. The molecule has 26 heavy (non-hydrogen) atoms. The van der Waals surface area contributed by atoms with E-state index < -0.39 is 6.04 Å². The number of hydrogen-bond acceptors (Lipinski definition) is 4. The van der Waals surface area contributed by atoms with E-state index in [2.05, 4.69) is 26.6 Å². The third-order valence-electron chi connectivity index (χ3n) is 3.84. The van der Waals surface area contributed by atoms with Gasteiger partial charge in [-0.25, -0.2) is 0 Å². The first kappa shape index (κ1) is 19.6. The number of nitriles is 1. The Morgan fingerprint density at radius 3 is 2.62 bits per heavy atom. The topological polar surface area (TPSA) is 85.2 Å². The Morgan fingerprint density at radius 1 is 1.19 bits per heavy atom. The molecule has 1 atom stereocenters. The minimum absolute atomic E-state index is 0.0636. The van der Waals surface area contributed by atoms with E-state index in [0.717, 1.165) is 4.47 Å². The van der Waals surface area contributed by atoms with Crippen LogP contribution in [0.15, 0.2) is 53.0 Å². The third kappa shape index (κ3) is 5.41. The van der Waals surface area contributed by atoms with Crippen LogP contribution in [0.25, 0.3) is 0 Å². The van der Waals surface area contributed by atoms with Gasteiger partial charge in [-0.15, -0.1) is 0 Å². The number of carbonyl (C=O) groups excluding carboxylic acids is 2. The Labute approximate surface area is 160 Å². The van der Waals surface area contributed by atoms with Crippen molar-refractivity contribution in [3.05, 3.63) is 58.6 Å². The normalized spacial score (nSPS) is 11.5. The number of rotatable bonds is 6. The van der Waals surface area contributed by atoms with Crippen LogP contribution in [0.4, 0.5) is 11.4 Å². The SMILES string of the molecule is CC(C(=O)Nc1cccc(C#N)c1)N(C)CC(=O)Nc1ccccc1Br. The molecule has 2 amide bonds. The van der Waals surface area contributed by atoms with Crippen molar-refractivity contribution in [3.8, 4) is 6.07 Å². The maximum Gasteiger partial charge on any atom is 0.241 e. The van der Waals surface area contributed by atoms with Crippen molar-refractivity contribution in [2.24, 2.45) is 0 Å². The van der Waals surface area contributed by atoms with Gasteiger partial charge in [-0.1, -0.05) is 18.2 Å². The number of nitrogens with one attached hydrogen (secondary N) is 2. The summed E-state index contributed by atoms with van der Waals surface area (Å²) in [6, 6.07) is 15.5. The summed E-state index contributed by atoms with van der Waals surface area (Å²) in [4.78, 5) is 26.2. The molecular weight excluding hydrogens is 396 g/mol. The number of nitrogens with zero attached hydrogens (tertiary/aromatic N) is 2. The number of halogens is 1. The van der Waals surface area contributed by atoms with Crippen LogP contribution < -0.4 is 10.6 Å². The van der Waals surface area contributed by atoms with Gasteiger partial charge in [-0.3, -0.25) is 14.5 Å². The van der Waals surface area contributed by atoms with Gasteiger partial charge in [-0.2, -0.15) is 5.26 Å². The lowest BCUT2D eigenvalue weighted by Crippen LogP contribution is -2.43. The maximum atomic E-state index is 12.4. The standard InChI is InChI=1S/C19H19BrN4O2/c1-13(19(26)22-15-7-5-6-14(10-15)11-21)24(2)12-18(25)23-17-9-4-3-8-16(17)20/h3-10,13H,12H2,1-2H3,(H,22,26)(H,23,25). The van der Waals surface area contributed by atoms with Gasteiger partial charge in [0.25, 0.3) is 0 Å². The minimum atomic E-state index is -0.522. The van der Waals surface area contributed by atoms with Crippen LogP contribution in [0, 0.1) is 11.3 Å². The first-order valence-electron chi connectivity index (χ1n) is 7.96. The number of anilines is 2. The predicted octanol–water partition coefficient (Wildman–Crippen LogP) is 3.22. The number of hydrogen-bond donors (Lipinski definition) is 2. The van der Waals surface area contributed by atoms with Gasteiger partial charge in [0.2, 0.25) is 11.8 Å². The van der Waals surface area contributed by atoms with Crippen molar-refractivity contribution >= 4 is 39.1 Å². The summed E-state index contributed by atoms with van der Waals surface area (Å²) in [5.74, 6) is -0.471. The van der Waals surface area contributed by atoms with Crippen LogP contribution in [-0.4, -0.2) is 36.3 Å². The largest absolute Gasteiger partial charge is 0.325 e. The highest BCUT2D eigenvalue weighted by atomic mass is 79.9. The molecule has 0 bridgehead atoms. The van der Waals surface area contributed by atoms with E-state index in [9.17, 15) is 9.59 Å². The number of carbonyl (C=O) groups is 2. The zero-order valence-corrected chi connectivity index (χ0v) is 16.1. The van der Waals surface area contributed by atoms with Gasteiger partial charge in [0, 0.05) is 10.2 Å². The molecule has 0 heterocycles. The zero-order valence-electron chi connectivity index (χ0n) is 14.5. The number of para-hydroxylation sites is 1. The fraction of sp³-hybridized carbons (Fsp3) is 0.211. The molecule has 2 aromatic carbocycles. The molecule has 0 saturated carbocycles. The Bertz CT molecular complexity index is 847. The van der Waals surface area contributed by atoms with Crippen LogP contribution in [0.1, 0.15) is 12.5 Å². The number of benzene rings is 2. The Balaban J connectivity index is 1.92. The molecule has 0 aliphatic rings. The van der Waals surface area contributed by atoms with Crippen molar-refractivity contribution in [2.45, 2.75) is 13.0 Å². The lowest BCUT2D eigenvalue weighted by atomic mass is 10.2. The molecule has 0 radical (unpaired) electrons. The van der Waals surface area contributed by atoms with Gasteiger partial charge < -0.3 is 10.6 Å². The average Bonchev–Trinajstić information content (AvgIpc) is 2.63. The van der Waals surface area contributed by atoms with Gasteiger partial charge in [0.15, 0.2) is 0 Å². The van der Waals surface area contributed by atoms with Gasteiger partial charge in [0.05, 0.1) is 29.9 Å². The highest BCUT2D eigenvalue weighted by Crippen LogP contribution is 2.21. The van der Waals surface area contributed by atoms with Crippen LogP contribution in [-0.2, 0) is 9.59 Å². The Morgan fingerprint density at radius 2 is 1.92 bits per heavy atom. The van der Waals surface area contributed by atoms with Gasteiger partial charge in [0.1, 0.15) is 0 Å². The highest BCUT2D eigenvalue weighted by Gasteiger charge is 2.20. The molecule has 0 aromatic heterocycles. The molecule has 6 nitrogen and oxygen atoms in total. The molecular formula is C19H19BrN4O2. The summed E-state index contributed by atoms with van der Waals surface area (Å²) in [5, 5.41) is 14.5. The van der Waals surface area contributed by atoms with E-state index in [4.69, 9.17) is 5.26 Å². The van der Waals surface area contributed by atoms with E-state index in [0.29, 0.717) is 16.9 Å². The molecule has 1 unspecified atom stereocenters. The fourth-order valence-corrected chi connectivity index (χ4v) is 2.61. The second-order valence-corrected chi connectivity index (χ2v) is 6.66. The maximum absolute atomic E-state index is 12.4. The van der Waals surface area contributed by atoms with E-state index in [-0.39, 0.29) is 18.4 Å². The molecule has 0 aliphatic carbocycles. The molecule has 2 N–H and O–H groups in total. The molecule has 0 fully saturated rings. The highest BCUT2D eigenvalue weighted by molar-refractivity contribution is 9.10. The second kappa shape index (κ2) is 9.13. The van der Waals surface area contributed by atoms with Gasteiger partial charge >= 0.3 is 0 Å². The molecule has 0 saturated heterocycles. The van der Waals surface area contributed by atoms with E-state index in [1.54, 1.807) is 49.2 Å². The molecule has 2 aromatic rings. The van der Waals surface area contributed by atoms with E-state index in [1.807, 2.05) is 24.3 Å². The van der Waals surface area contributed by atoms with Crippen molar-refractivity contribution in [2.75, 3.05) is 24.2 Å². The van der Waals surface area contributed by atoms with E-state index in [1.165, 1.54) is 0 Å². The Kier molecular flexibility index (Phi) is 6.89. The van der Waals surface area contributed by atoms with Gasteiger partial charge in [-0.05, 0) is 60.2 Å². The van der Waals surface area contributed by atoms with Crippen molar-refractivity contribution in [1.29, 1.82) is 5.26 Å². The molecule has 2 rings (SSSR count). The summed E-state index contributed by atoms with van der Waals surface area (Å²) in [6.07, 6.45) is 0. The summed E-state index contributed by atoms with van der Waals surface area (Å²) in [5.41, 5.74) is 1.69. The van der Waals surface area contributed by atoms with E-state index >= 15 is 0 Å². The van der Waals surface area contributed by atoms with Crippen molar-refractivity contribution in [1.82, 2.24) is 4.90 Å². The first-order chi connectivity index (χ1) is 12.4.